The van der Waals surface area contributed by atoms with Crippen LogP contribution in [0.5, 0.6) is 0 Å². The molecule has 8 heavy (non-hydrogen) atoms. The van der Waals surface area contributed by atoms with E-state index in [1.54, 1.807) is 6.92 Å². The van der Waals surface area contributed by atoms with Gasteiger partial charge in [0.05, 0.1) is 6.61 Å². The molecule has 2 nitrogen and oxygen atoms in total. The fourth-order valence-electron chi connectivity index (χ4n) is 0.0430. The molecular weight excluding hydrogens is 181 g/mol. The Kier molecular flexibility index (Phi) is 21.2. The average Bonchev–Trinajstić information content (AvgIpc) is 1.65. The van der Waals surface area contributed by atoms with Gasteiger partial charge in [0.2, 0.25) is 0 Å². The zero-order chi connectivity index (χ0) is 4.99. The van der Waals surface area contributed by atoms with E-state index in [0.717, 1.165) is 6.29 Å². The first kappa shape index (κ1) is 15.9. The van der Waals surface area contributed by atoms with E-state index in [9.17, 15) is 4.79 Å². The number of aliphatic hydroxyl groups is 1. The summed E-state index contributed by atoms with van der Waals surface area (Å²) in [5, 5.41) is 8.10. The van der Waals surface area contributed by atoms with Crippen molar-refractivity contribution in [3.63, 3.8) is 0 Å². The second-order valence-electron chi connectivity index (χ2n) is 1.30. The molecule has 1 unspecified atom stereocenters. The molecule has 3 heteroatoms. The molecule has 0 rings (SSSR count). The average molecular weight is 193 g/mol. The SMILES string of the molecule is C.CC(C=O)CO.[Y]. The molecule has 1 N–H and O–H groups in total. The first-order chi connectivity index (χ1) is 2.81. The second-order valence-corrected chi connectivity index (χ2v) is 1.30. The summed E-state index contributed by atoms with van der Waals surface area (Å²) in [5.74, 6) is -0.190. The summed E-state index contributed by atoms with van der Waals surface area (Å²) in [6.45, 7) is 1.62. The van der Waals surface area contributed by atoms with Crippen LogP contribution in [0.25, 0.3) is 0 Å². The van der Waals surface area contributed by atoms with Crippen LogP contribution in [-0.2, 0) is 37.5 Å². The van der Waals surface area contributed by atoms with E-state index in [1.807, 2.05) is 0 Å². The van der Waals surface area contributed by atoms with Crippen LogP contribution in [0.4, 0.5) is 0 Å². The van der Waals surface area contributed by atoms with Gasteiger partial charge >= 0.3 is 0 Å². The maximum atomic E-state index is 9.58. The molecule has 0 fully saturated rings. The molecule has 1 radical (unpaired) electrons. The van der Waals surface area contributed by atoms with Crippen LogP contribution >= 0.6 is 0 Å². The van der Waals surface area contributed by atoms with Crippen molar-refractivity contribution in [1.82, 2.24) is 0 Å². The number of carbonyl (C=O) groups is 1. The van der Waals surface area contributed by atoms with Crippen molar-refractivity contribution in [1.29, 1.82) is 0 Å². The normalized spacial score (nSPS) is 10.2. The minimum Gasteiger partial charge on any atom is -0.396 e. The van der Waals surface area contributed by atoms with E-state index in [2.05, 4.69) is 0 Å². The van der Waals surface area contributed by atoms with E-state index in [-0.39, 0.29) is 52.7 Å². The molecule has 0 aliphatic heterocycles. The minimum absolute atomic E-state index is 0. The van der Waals surface area contributed by atoms with E-state index in [1.165, 1.54) is 0 Å². The number of aliphatic hydroxyl groups excluding tert-OH is 1. The molecule has 0 spiro atoms. The quantitative estimate of drug-likeness (QED) is 0.646. The Morgan fingerprint density at radius 2 is 2.12 bits per heavy atom. The van der Waals surface area contributed by atoms with Crippen LogP contribution in [-0.4, -0.2) is 18.0 Å². The van der Waals surface area contributed by atoms with Crippen molar-refractivity contribution >= 4 is 6.29 Å². The van der Waals surface area contributed by atoms with Gasteiger partial charge < -0.3 is 9.90 Å². The molecule has 0 amide bonds. The van der Waals surface area contributed by atoms with Gasteiger partial charge in [0.1, 0.15) is 6.29 Å². The summed E-state index contributed by atoms with van der Waals surface area (Å²) in [6, 6.07) is 0. The maximum Gasteiger partial charge on any atom is 0.125 e. The molecular formula is C5H12O2Y. The summed E-state index contributed by atoms with van der Waals surface area (Å²) in [5.41, 5.74) is 0. The number of hydrogen-bond acceptors (Lipinski definition) is 2. The van der Waals surface area contributed by atoms with Gasteiger partial charge in [-0.05, 0) is 0 Å². The molecule has 0 aliphatic carbocycles. The van der Waals surface area contributed by atoms with Gasteiger partial charge in [-0.25, -0.2) is 0 Å². The Hall–Kier alpha value is 0.734. The Bertz CT molecular complexity index is 47.7. The monoisotopic (exact) mass is 193 g/mol. The zero-order valence-corrected chi connectivity index (χ0v) is 7.13. The van der Waals surface area contributed by atoms with Crippen molar-refractivity contribution in [3.8, 4) is 0 Å². The predicted molar refractivity (Wildman–Crippen MR) is 29.0 cm³/mol. The van der Waals surface area contributed by atoms with Gasteiger partial charge in [-0.15, -0.1) is 0 Å². The van der Waals surface area contributed by atoms with Gasteiger partial charge in [-0.3, -0.25) is 0 Å². The number of rotatable bonds is 2. The van der Waals surface area contributed by atoms with E-state index in [4.69, 9.17) is 5.11 Å². The zero-order valence-electron chi connectivity index (χ0n) is 4.29. The molecule has 0 heterocycles. The largest absolute Gasteiger partial charge is 0.396 e. The standard InChI is InChI=1S/C4H8O2.CH4.Y/c1-4(2-5)3-6;;/h2,4,6H,3H2,1H3;1H4;. The smallest absolute Gasteiger partial charge is 0.125 e. The van der Waals surface area contributed by atoms with Gasteiger partial charge in [0.25, 0.3) is 0 Å². The molecule has 0 bridgehead atoms. The van der Waals surface area contributed by atoms with Crippen LogP contribution in [0.2, 0.25) is 0 Å². The minimum atomic E-state index is -0.190. The van der Waals surface area contributed by atoms with E-state index in [0.29, 0.717) is 0 Å². The number of aldehydes is 1. The Morgan fingerprint density at radius 3 is 2.12 bits per heavy atom. The summed E-state index contributed by atoms with van der Waals surface area (Å²) in [7, 11) is 0. The molecule has 0 aromatic carbocycles. The van der Waals surface area contributed by atoms with Crippen molar-refractivity contribution in [2.45, 2.75) is 14.4 Å². The van der Waals surface area contributed by atoms with E-state index >= 15 is 0 Å². The molecule has 0 aliphatic rings. The van der Waals surface area contributed by atoms with Gasteiger partial charge in [-0.1, -0.05) is 14.4 Å². The van der Waals surface area contributed by atoms with Crippen LogP contribution in [0.3, 0.4) is 0 Å². The van der Waals surface area contributed by atoms with Gasteiger partial charge in [-0.2, -0.15) is 0 Å². The van der Waals surface area contributed by atoms with Crippen molar-refractivity contribution < 1.29 is 42.6 Å². The first-order valence-electron chi connectivity index (χ1n) is 1.87. The maximum absolute atomic E-state index is 9.58. The molecule has 0 aromatic heterocycles. The topological polar surface area (TPSA) is 37.3 Å². The molecule has 0 saturated heterocycles. The molecule has 0 saturated carbocycles. The summed E-state index contributed by atoms with van der Waals surface area (Å²) in [6.07, 6.45) is 0.722. The fraction of sp³-hybridized carbons (Fsp3) is 0.800. The van der Waals surface area contributed by atoms with Gasteiger partial charge in [0.15, 0.2) is 0 Å². The van der Waals surface area contributed by atoms with Crippen LogP contribution in [0.1, 0.15) is 14.4 Å². The second kappa shape index (κ2) is 10.7. The van der Waals surface area contributed by atoms with Crippen LogP contribution < -0.4 is 0 Å². The Balaban J connectivity index is -0.000000125. The van der Waals surface area contributed by atoms with E-state index < -0.39 is 0 Å². The van der Waals surface area contributed by atoms with Crippen LogP contribution in [0, 0.1) is 5.92 Å². The Labute approximate surface area is 75.5 Å². The molecule has 0 aromatic rings. The first-order valence-corrected chi connectivity index (χ1v) is 1.87. The fourth-order valence-corrected chi connectivity index (χ4v) is 0.0430. The third kappa shape index (κ3) is 9.88. The third-order valence-electron chi connectivity index (χ3n) is 0.520. The number of hydrogen-bond donors (Lipinski definition) is 1. The van der Waals surface area contributed by atoms with Crippen LogP contribution in [0.15, 0.2) is 0 Å². The van der Waals surface area contributed by atoms with Crippen molar-refractivity contribution in [3.05, 3.63) is 0 Å². The summed E-state index contributed by atoms with van der Waals surface area (Å²) >= 11 is 0. The van der Waals surface area contributed by atoms with Crippen molar-refractivity contribution in [2.24, 2.45) is 5.92 Å². The third-order valence-corrected chi connectivity index (χ3v) is 0.520. The predicted octanol–water partition coefficient (Wildman–Crippen LogP) is 0.447. The summed E-state index contributed by atoms with van der Waals surface area (Å²) < 4.78 is 0. The molecule has 47 valence electrons. The number of carbonyl (C=O) groups excluding carboxylic acids is 1. The van der Waals surface area contributed by atoms with Gasteiger partial charge in [0, 0.05) is 38.6 Å². The summed E-state index contributed by atoms with van der Waals surface area (Å²) in [4.78, 5) is 9.58. The Morgan fingerprint density at radius 1 is 1.75 bits per heavy atom. The molecule has 1 atom stereocenters. The van der Waals surface area contributed by atoms with Crippen molar-refractivity contribution in [2.75, 3.05) is 6.61 Å².